The van der Waals surface area contributed by atoms with Crippen LogP contribution in [0.4, 0.5) is 5.69 Å². The number of nitrogens with zero attached hydrogens (tertiary/aromatic N) is 1. The minimum absolute atomic E-state index is 0.253. The van der Waals surface area contributed by atoms with Crippen molar-refractivity contribution in [1.82, 2.24) is 4.90 Å². The fourth-order valence-electron chi connectivity index (χ4n) is 5.23. The van der Waals surface area contributed by atoms with E-state index in [-0.39, 0.29) is 35.5 Å². The molecule has 1 aromatic carbocycles. The van der Waals surface area contributed by atoms with Crippen molar-refractivity contribution < 1.29 is 23.9 Å². The Morgan fingerprint density at radius 1 is 1.14 bits per heavy atom. The van der Waals surface area contributed by atoms with Gasteiger partial charge in [0.05, 0.1) is 11.8 Å². The van der Waals surface area contributed by atoms with Crippen LogP contribution in [0.25, 0.3) is 0 Å². The van der Waals surface area contributed by atoms with Crippen LogP contribution in [0.2, 0.25) is 0 Å². The van der Waals surface area contributed by atoms with Crippen molar-refractivity contribution in [2.75, 3.05) is 11.9 Å². The Morgan fingerprint density at radius 3 is 2.38 bits per heavy atom. The normalized spacial score (nSPS) is 28.4. The Labute approximate surface area is 169 Å². The number of imide groups is 1. The van der Waals surface area contributed by atoms with Gasteiger partial charge >= 0.3 is 5.97 Å². The van der Waals surface area contributed by atoms with Crippen LogP contribution in [0.3, 0.4) is 0 Å². The molecular weight excluding hydrogens is 372 g/mol. The number of carbonyl (C=O) groups is 4. The van der Waals surface area contributed by atoms with Crippen molar-refractivity contribution in [3.05, 3.63) is 29.3 Å². The molecule has 3 amide bonds. The average molecular weight is 398 g/mol. The highest BCUT2D eigenvalue weighted by atomic mass is 16.5. The van der Waals surface area contributed by atoms with Crippen molar-refractivity contribution in [3.63, 3.8) is 0 Å². The molecule has 2 bridgehead atoms. The Bertz CT molecular complexity index is 867. The lowest BCUT2D eigenvalue weighted by molar-refractivity contribution is -0.159. The maximum Gasteiger partial charge on any atom is 0.329 e. The lowest BCUT2D eigenvalue weighted by Gasteiger charge is -2.23. The number of esters is 1. The number of nitrogens with one attached hydrogen (secondary N) is 1. The Balaban J connectivity index is 1.35. The number of benzene rings is 1. The largest absolute Gasteiger partial charge is 0.454 e. The van der Waals surface area contributed by atoms with E-state index in [0.717, 1.165) is 35.3 Å². The van der Waals surface area contributed by atoms with Crippen LogP contribution in [0.15, 0.2) is 18.2 Å². The van der Waals surface area contributed by atoms with E-state index in [4.69, 9.17) is 4.74 Å². The first-order chi connectivity index (χ1) is 13.8. The van der Waals surface area contributed by atoms with E-state index in [1.807, 2.05) is 32.0 Å². The first kappa shape index (κ1) is 19.6. The smallest absolute Gasteiger partial charge is 0.329 e. The van der Waals surface area contributed by atoms with Gasteiger partial charge < -0.3 is 10.1 Å². The summed E-state index contributed by atoms with van der Waals surface area (Å²) in [7, 11) is 0. The molecule has 4 rings (SSSR count). The third kappa shape index (κ3) is 3.32. The Hall–Kier alpha value is -2.70. The van der Waals surface area contributed by atoms with Crippen molar-refractivity contribution in [3.8, 4) is 0 Å². The zero-order valence-electron chi connectivity index (χ0n) is 16.9. The van der Waals surface area contributed by atoms with E-state index in [9.17, 15) is 19.2 Å². The number of anilines is 1. The van der Waals surface area contributed by atoms with Crippen molar-refractivity contribution >= 4 is 29.4 Å². The van der Waals surface area contributed by atoms with Gasteiger partial charge in [-0.15, -0.1) is 0 Å². The number of rotatable bonds is 5. The third-order valence-electron chi connectivity index (χ3n) is 6.70. The number of fused-ring (bicyclic) bond motifs is 5. The summed E-state index contributed by atoms with van der Waals surface area (Å²) in [5, 5.41) is 2.72. The number of hydrogen-bond donors (Lipinski definition) is 1. The Kier molecular flexibility index (Phi) is 4.92. The summed E-state index contributed by atoms with van der Waals surface area (Å²) in [5.74, 6) is -1.74. The van der Waals surface area contributed by atoms with E-state index in [0.29, 0.717) is 5.69 Å². The summed E-state index contributed by atoms with van der Waals surface area (Å²) in [4.78, 5) is 51.3. The van der Waals surface area contributed by atoms with E-state index in [1.165, 1.54) is 6.92 Å². The summed E-state index contributed by atoms with van der Waals surface area (Å²) >= 11 is 0. The first-order valence-electron chi connectivity index (χ1n) is 10.2. The zero-order valence-corrected chi connectivity index (χ0v) is 16.9. The quantitative estimate of drug-likeness (QED) is 0.606. The van der Waals surface area contributed by atoms with Crippen LogP contribution in [0.5, 0.6) is 0 Å². The maximum absolute atomic E-state index is 12.8. The molecule has 2 aliphatic carbocycles. The number of ether oxygens (including phenoxy) is 1. The molecule has 0 radical (unpaired) electrons. The van der Waals surface area contributed by atoms with Crippen LogP contribution in [-0.2, 0) is 23.9 Å². The van der Waals surface area contributed by atoms with Crippen LogP contribution < -0.4 is 5.32 Å². The first-order valence-corrected chi connectivity index (χ1v) is 10.2. The highest BCUT2D eigenvalue weighted by Gasteiger charge is 2.62. The van der Waals surface area contributed by atoms with Crippen LogP contribution in [0.1, 0.15) is 37.3 Å². The maximum atomic E-state index is 12.8. The number of aryl methyl sites for hydroxylation is 2. The second kappa shape index (κ2) is 7.28. The van der Waals surface area contributed by atoms with E-state index >= 15 is 0 Å². The summed E-state index contributed by atoms with van der Waals surface area (Å²) in [6.07, 6.45) is 2.91. The molecule has 1 aromatic rings. The molecule has 1 saturated heterocycles. The molecule has 7 nitrogen and oxygen atoms in total. The zero-order chi connectivity index (χ0) is 20.9. The Morgan fingerprint density at radius 2 is 1.76 bits per heavy atom. The third-order valence-corrected chi connectivity index (χ3v) is 6.70. The molecule has 1 N–H and O–H groups in total. The predicted molar refractivity (Wildman–Crippen MR) is 105 cm³/mol. The van der Waals surface area contributed by atoms with Crippen molar-refractivity contribution in [1.29, 1.82) is 0 Å². The molecule has 5 atom stereocenters. The number of hydrogen-bond acceptors (Lipinski definition) is 5. The van der Waals surface area contributed by atoms with E-state index < -0.39 is 24.5 Å². The lowest BCUT2D eigenvalue weighted by Crippen LogP contribution is -2.45. The van der Waals surface area contributed by atoms with Gasteiger partial charge in [0.25, 0.3) is 5.91 Å². The molecule has 7 heteroatoms. The molecule has 29 heavy (non-hydrogen) atoms. The van der Waals surface area contributed by atoms with Gasteiger partial charge in [-0.05, 0) is 69.1 Å². The number of amides is 3. The van der Waals surface area contributed by atoms with Gasteiger partial charge in [-0.25, -0.2) is 4.79 Å². The summed E-state index contributed by atoms with van der Waals surface area (Å²) in [6.45, 7) is 4.81. The minimum Gasteiger partial charge on any atom is -0.454 e. The highest BCUT2D eigenvalue weighted by Crippen LogP contribution is 2.56. The molecule has 0 spiro atoms. The van der Waals surface area contributed by atoms with Gasteiger partial charge in [-0.1, -0.05) is 12.1 Å². The van der Waals surface area contributed by atoms with Gasteiger partial charge in [0, 0.05) is 5.69 Å². The molecule has 1 heterocycles. The minimum atomic E-state index is -1.02. The van der Waals surface area contributed by atoms with Crippen LogP contribution >= 0.6 is 0 Å². The second-order valence-corrected chi connectivity index (χ2v) is 8.58. The standard InChI is InChI=1S/C22H26N2O5/c1-11-4-5-12(2)16(8-11)23-17(25)10-29-22(28)13(3)24-20(26)18-14-6-7-15(9-14)19(18)21(24)27/h4-5,8,13-15,18-19H,6-7,9-10H2,1-3H3,(H,23,25)/t13-,14-,15+,18-,19+/m0/s1. The molecule has 3 aliphatic rings. The molecule has 0 unspecified atom stereocenters. The molecule has 154 valence electrons. The van der Waals surface area contributed by atoms with E-state index in [1.54, 1.807) is 0 Å². The van der Waals surface area contributed by atoms with Crippen LogP contribution in [0, 0.1) is 37.5 Å². The molecule has 0 aromatic heterocycles. The van der Waals surface area contributed by atoms with Gasteiger partial charge in [0.1, 0.15) is 6.04 Å². The number of carbonyl (C=O) groups excluding carboxylic acids is 4. The van der Waals surface area contributed by atoms with Gasteiger partial charge in [-0.2, -0.15) is 0 Å². The number of likely N-dealkylation sites (tertiary alicyclic amines) is 1. The summed E-state index contributed by atoms with van der Waals surface area (Å²) in [5.41, 5.74) is 2.56. The SMILES string of the molecule is Cc1ccc(C)c(NC(=O)COC(=O)[C@H](C)N2C(=O)[C@@H]3[C@@H]4CC[C@@H](C4)[C@@H]3C2=O)c1. The van der Waals surface area contributed by atoms with Crippen LogP contribution in [-0.4, -0.2) is 41.2 Å². The topological polar surface area (TPSA) is 92.8 Å². The monoisotopic (exact) mass is 398 g/mol. The van der Waals surface area contributed by atoms with E-state index in [2.05, 4.69) is 5.32 Å². The molecule has 1 aliphatic heterocycles. The van der Waals surface area contributed by atoms with Crippen molar-refractivity contribution in [2.24, 2.45) is 23.7 Å². The summed E-state index contributed by atoms with van der Waals surface area (Å²) in [6, 6.07) is 4.66. The van der Waals surface area contributed by atoms with Gasteiger partial charge in [0.15, 0.2) is 6.61 Å². The van der Waals surface area contributed by atoms with Gasteiger partial charge in [0.2, 0.25) is 11.8 Å². The second-order valence-electron chi connectivity index (χ2n) is 8.58. The molecular formula is C22H26N2O5. The molecule has 3 fully saturated rings. The fourth-order valence-corrected chi connectivity index (χ4v) is 5.23. The summed E-state index contributed by atoms with van der Waals surface area (Å²) < 4.78 is 5.11. The lowest BCUT2D eigenvalue weighted by atomic mass is 9.81. The van der Waals surface area contributed by atoms with Gasteiger partial charge in [-0.3, -0.25) is 19.3 Å². The fraction of sp³-hybridized carbons (Fsp3) is 0.545. The highest BCUT2D eigenvalue weighted by molar-refractivity contribution is 6.08. The predicted octanol–water partition coefficient (Wildman–Crippen LogP) is 2.20. The average Bonchev–Trinajstić information content (AvgIpc) is 3.36. The van der Waals surface area contributed by atoms with Crippen molar-refractivity contribution in [2.45, 2.75) is 46.1 Å². The molecule has 2 saturated carbocycles.